The average Bonchev–Trinajstić information content (AvgIpc) is 2.89. The maximum atomic E-state index is 9.76. The lowest BCUT2D eigenvalue weighted by atomic mass is 10.0. The Balaban J connectivity index is 2.24. The van der Waals surface area contributed by atoms with Crippen LogP contribution in [0.1, 0.15) is 44.1 Å². The summed E-state index contributed by atoms with van der Waals surface area (Å²) in [6.07, 6.45) is 4.74. The summed E-state index contributed by atoms with van der Waals surface area (Å²) in [5.74, 6) is 1.48. The van der Waals surface area contributed by atoms with Crippen LogP contribution in [-0.4, -0.2) is 20.7 Å². The summed E-state index contributed by atoms with van der Waals surface area (Å²) in [6.45, 7) is 3.58. The minimum Gasteiger partial charge on any atom is -0.390 e. The minimum absolute atomic E-state index is 0.551. The van der Waals surface area contributed by atoms with Gasteiger partial charge in [-0.3, -0.25) is 0 Å². The molecule has 1 N–H and O–H groups in total. The van der Waals surface area contributed by atoms with E-state index in [4.69, 9.17) is 0 Å². The lowest BCUT2D eigenvalue weighted by molar-refractivity contribution is 0.0796. The molecule has 1 heterocycles. The van der Waals surface area contributed by atoms with Gasteiger partial charge in [-0.2, -0.15) is 0 Å². The number of hydrogen-bond acceptors (Lipinski definition) is 3. The quantitative estimate of drug-likeness (QED) is 0.918. The zero-order chi connectivity index (χ0) is 11.1. The number of nitrogens with zero attached hydrogens (tertiary/aromatic N) is 2. The first-order chi connectivity index (χ1) is 6.96. The molecular formula is C11H15BrN2O. The van der Waals surface area contributed by atoms with Crippen LogP contribution in [-0.2, 0) is 6.42 Å². The van der Waals surface area contributed by atoms with Gasteiger partial charge in [-0.1, -0.05) is 0 Å². The summed E-state index contributed by atoms with van der Waals surface area (Å²) < 4.78 is 0.883. The van der Waals surface area contributed by atoms with Crippen LogP contribution in [0.25, 0.3) is 0 Å². The van der Waals surface area contributed by atoms with Gasteiger partial charge in [-0.05, 0) is 42.6 Å². The fourth-order valence-electron chi connectivity index (χ4n) is 1.49. The van der Waals surface area contributed by atoms with Crippen LogP contribution in [0.15, 0.2) is 10.7 Å². The zero-order valence-corrected chi connectivity index (χ0v) is 10.6. The van der Waals surface area contributed by atoms with Crippen molar-refractivity contribution in [2.24, 2.45) is 0 Å². The van der Waals surface area contributed by atoms with E-state index >= 15 is 0 Å². The van der Waals surface area contributed by atoms with E-state index in [9.17, 15) is 5.11 Å². The number of halogens is 1. The van der Waals surface area contributed by atoms with Gasteiger partial charge in [0.1, 0.15) is 5.82 Å². The smallest absolute Gasteiger partial charge is 0.131 e. The Hall–Kier alpha value is -0.480. The van der Waals surface area contributed by atoms with E-state index in [0.717, 1.165) is 16.0 Å². The second-order valence-corrected chi connectivity index (χ2v) is 5.64. The SMILES string of the molecule is CC(C)(O)Cc1nc(C2CC2)ncc1Br. The topological polar surface area (TPSA) is 46.0 Å². The van der Waals surface area contributed by atoms with Crippen molar-refractivity contribution in [3.05, 3.63) is 22.2 Å². The third-order valence-corrected chi connectivity index (χ3v) is 3.04. The Labute approximate surface area is 98.1 Å². The molecule has 1 saturated carbocycles. The first kappa shape index (κ1) is 11.0. The van der Waals surface area contributed by atoms with E-state index in [1.807, 2.05) is 0 Å². The zero-order valence-electron chi connectivity index (χ0n) is 9.00. The summed E-state index contributed by atoms with van der Waals surface area (Å²) in [5.41, 5.74) is 0.178. The molecule has 0 bridgehead atoms. The highest BCUT2D eigenvalue weighted by Crippen LogP contribution is 2.38. The van der Waals surface area contributed by atoms with Crippen molar-refractivity contribution in [1.82, 2.24) is 9.97 Å². The summed E-state index contributed by atoms with van der Waals surface area (Å²) in [6, 6.07) is 0. The number of aliphatic hydroxyl groups is 1. The van der Waals surface area contributed by atoms with Crippen molar-refractivity contribution in [3.63, 3.8) is 0 Å². The lowest BCUT2D eigenvalue weighted by Gasteiger charge is -2.17. The molecule has 0 aliphatic heterocycles. The van der Waals surface area contributed by atoms with Crippen LogP contribution >= 0.6 is 15.9 Å². The molecule has 0 atom stereocenters. The summed E-state index contributed by atoms with van der Waals surface area (Å²) in [4.78, 5) is 8.79. The van der Waals surface area contributed by atoms with Crippen molar-refractivity contribution in [3.8, 4) is 0 Å². The van der Waals surface area contributed by atoms with Crippen molar-refractivity contribution in [1.29, 1.82) is 0 Å². The maximum absolute atomic E-state index is 9.76. The largest absolute Gasteiger partial charge is 0.390 e. The fourth-order valence-corrected chi connectivity index (χ4v) is 1.82. The molecule has 0 aromatic carbocycles. The second kappa shape index (κ2) is 3.83. The van der Waals surface area contributed by atoms with Crippen LogP contribution < -0.4 is 0 Å². The first-order valence-corrected chi connectivity index (χ1v) is 5.99. The number of hydrogen-bond donors (Lipinski definition) is 1. The fraction of sp³-hybridized carbons (Fsp3) is 0.636. The van der Waals surface area contributed by atoms with Gasteiger partial charge in [0.05, 0.1) is 15.8 Å². The Morgan fingerprint density at radius 3 is 2.73 bits per heavy atom. The highest BCUT2D eigenvalue weighted by Gasteiger charge is 2.27. The standard InChI is InChI=1S/C11H15BrN2O/c1-11(2,15)5-9-8(12)6-13-10(14-9)7-3-4-7/h6-7,15H,3-5H2,1-2H3. The lowest BCUT2D eigenvalue weighted by Crippen LogP contribution is -2.23. The van der Waals surface area contributed by atoms with E-state index in [0.29, 0.717) is 12.3 Å². The van der Waals surface area contributed by atoms with E-state index < -0.39 is 5.60 Å². The Bertz CT molecular complexity index is 369. The number of rotatable bonds is 3. The van der Waals surface area contributed by atoms with Crippen molar-refractivity contribution in [2.45, 2.75) is 44.6 Å². The molecular weight excluding hydrogens is 256 g/mol. The van der Waals surface area contributed by atoms with Crippen LogP contribution in [0, 0.1) is 0 Å². The molecule has 0 radical (unpaired) electrons. The van der Waals surface area contributed by atoms with Crippen molar-refractivity contribution in [2.75, 3.05) is 0 Å². The molecule has 0 saturated heterocycles. The highest BCUT2D eigenvalue weighted by atomic mass is 79.9. The normalized spacial score (nSPS) is 16.8. The van der Waals surface area contributed by atoms with Gasteiger partial charge in [0.2, 0.25) is 0 Å². The molecule has 15 heavy (non-hydrogen) atoms. The van der Waals surface area contributed by atoms with Crippen molar-refractivity contribution >= 4 is 15.9 Å². The van der Waals surface area contributed by atoms with E-state index in [-0.39, 0.29) is 0 Å². The molecule has 0 unspecified atom stereocenters. The highest BCUT2D eigenvalue weighted by molar-refractivity contribution is 9.10. The van der Waals surface area contributed by atoms with Gasteiger partial charge < -0.3 is 5.11 Å². The Kier molecular flexibility index (Phi) is 2.81. The van der Waals surface area contributed by atoms with Crippen molar-refractivity contribution < 1.29 is 5.11 Å². The third-order valence-electron chi connectivity index (χ3n) is 2.38. The molecule has 0 amide bonds. The Morgan fingerprint density at radius 1 is 1.53 bits per heavy atom. The third kappa shape index (κ3) is 2.98. The summed E-state index contributed by atoms with van der Waals surface area (Å²) >= 11 is 3.42. The molecule has 1 aromatic heterocycles. The van der Waals surface area contributed by atoms with Crippen LogP contribution in [0.5, 0.6) is 0 Å². The maximum Gasteiger partial charge on any atom is 0.131 e. The predicted octanol–water partition coefficient (Wildman–Crippen LogP) is 2.43. The molecule has 1 aliphatic rings. The van der Waals surface area contributed by atoms with Crippen LogP contribution in [0.2, 0.25) is 0 Å². The van der Waals surface area contributed by atoms with Gasteiger partial charge in [0.15, 0.2) is 0 Å². The molecule has 3 nitrogen and oxygen atoms in total. The Morgan fingerprint density at radius 2 is 2.20 bits per heavy atom. The molecule has 0 spiro atoms. The van der Waals surface area contributed by atoms with Gasteiger partial charge in [0, 0.05) is 18.5 Å². The summed E-state index contributed by atoms with van der Waals surface area (Å²) in [7, 11) is 0. The second-order valence-electron chi connectivity index (χ2n) is 4.79. The van der Waals surface area contributed by atoms with Crippen LogP contribution in [0.3, 0.4) is 0 Å². The van der Waals surface area contributed by atoms with Gasteiger partial charge in [-0.15, -0.1) is 0 Å². The molecule has 82 valence electrons. The van der Waals surface area contributed by atoms with E-state index in [1.165, 1.54) is 12.8 Å². The summed E-state index contributed by atoms with van der Waals surface area (Å²) in [5, 5.41) is 9.76. The average molecular weight is 271 g/mol. The van der Waals surface area contributed by atoms with E-state index in [1.54, 1.807) is 20.0 Å². The predicted molar refractivity (Wildman–Crippen MR) is 61.7 cm³/mol. The monoisotopic (exact) mass is 270 g/mol. The number of aromatic nitrogens is 2. The molecule has 1 fully saturated rings. The van der Waals surface area contributed by atoms with Gasteiger partial charge in [-0.25, -0.2) is 9.97 Å². The van der Waals surface area contributed by atoms with E-state index in [2.05, 4.69) is 25.9 Å². The molecule has 1 aliphatic carbocycles. The molecule has 1 aromatic rings. The molecule has 4 heteroatoms. The molecule has 2 rings (SSSR count). The van der Waals surface area contributed by atoms with Gasteiger partial charge in [0.25, 0.3) is 0 Å². The van der Waals surface area contributed by atoms with Crippen LogP contribution in [0.4, 0.5) is 0 Å². The minimum atomic E-state index is -0.725. The van der Waals surface area contributed by atoms with Gasteiger partial charge >= 0.3 is 0 Å². The first-order valence-electron chi connectivity index (χ1n) is 5.19.